The highest BCUT2D eigenvalue weighted by atomic mass is 31.1. The van der Waals surface area contributed by atoms with E-state index in [0.29, 0.717) is 6.61 Å². The first-order chi connectivity index (χ1) is 5.20. The maximum absolute atomic E-state index is 10.9. The normalized spacial score (nSPS) is 10.9. The molecule has 0 amide bonds. The molecule has 0 fully saturated rings. The van der Waals surface area contributed by atoms with Crippen molar-refractivity contribution in [2.45, 2.75) is 6.92 Å². The summed E-state index contributed by atoms with van der Waals surface area (Å²) in [6.45, 7) is 2.04. The molecule has 1 unspecified atom stereocenters. The van der Waals surface area contributed by atoms with E-state index < -0.39 is 13.8 Å². The molecule has 5 heteroatoms. The predicted octanol–water partition coefficient (Wildman–Crippen LogP) is 0.981. The lowest BCUT2D eigenvalue weighted by Gasteiger charge is -1.93. The van der Waals surface area contributed by atoms with Gasteiger partial charge in [0.2, 0.25) is 12.5 Å². The molecule has 1 atom stereocenters. The summed E-state index contributed by atoms with van der Waals surface area (Å²) in [4.78, 5) is 10.7. The average molecular weight is 179 g/mol. The molecule has 0 aliphatic heterocycles. The lowest BCUT2D eigenvalue weighted by molar-refractivity contribution is -0.140. The summed E-state index contributed by atoms with van der Waals surface area (Å²) >= 11 is 0. The van der Waals surface area contributed by atoms with Crippen LogP contribution in [0.5, 0.6) is 0 Å². The molecular formula is C6H12O4P+. The van der Waals surface area contributed by atoms with Crippen LogP contribution < -0.4 is 0 Å². The van der Waals surface area contributed by atoms with Crippen LogP contribution in [0, 0.1) is 0 Å². The van der Waals surface area contributed by atoms with Gasteiger partial charge in [0.25, 0.3) is 0 Å². The Morgan fingerprint density at radius 2 is 2.18 bits per heavy atom. The van der Waals surface area contributed by atoms with Gasteiger partial charge in [0, 0.05) is 7.11 Å². The largest absolute Gasteiger partial charge is 0.463 e. The zero-order chi connectivity index (χ0) is 8.69. The van der Waals surface area contributed by atoms with E-state index in [4.69, 9.17) is 0 Å². The van der Waals surface area contributed by atoms with E-state index in [0.717, 1.165) is 0 Å². The van der Waals surface area contributed by atoms with Crippen molar-refractivity contribution in [3.8, 4) is 0 Å². The number of carbonyl (C=O) groups is 1. The van der Waals surface area contributed by atoms with E-state index in [-0.39, 0.29) is 12.5 Å². The molecule has 0 saturated carbocycles. The number of methoxy groups -OCH3 is 1. The standard InChI is InChI=1S/C6H12O4P/c1-3-10-6(7)4-11(8)5-9-2/h3-5H2,1-2H3/q+1. The fraction of sp³-hybridized carbons (Fsp3) is 0.833. The van der Waals surface area contributed by atoms with Crippen LogP contribution in [0.25, 0.3) is 0 Å². The van der Waals surface area contributed by atoms with E-state index in [1.807, 2.05) is 0 Å². The van der Waals surface area contributed by atoms with Crippen molar-refractivity contribution in [2.75, 3.05) is 26.2 Å². The molecule has 0 spiro atoms. The Labute approximate surface area is 66.7 Å². The molecule has 0 aromatic rings. The van der Waals surface area contributed by atoms with Gasteiger partial charge in [-0.15, -0.1) is 0 Å². The summed E-state index contributed by atoms with van der Waals surface area (Å²) in [6.07, 6.45) is 0.0746. The fourth-order valence-corrected chi connectivity index (χ4v) is 1.30. The smallest absolute Gasteiger partial charge is 0.378 e. The van der Waals surface area contributed by atoms with E-state index in [9.17, 15) is 9.36 Å². The first kappa shape index (κ1) is 10.5. The molecule has 64 valence electrons. The highest BCUT2D eigenvalue weighted by Gasteiger charge is 2.20. The summed E-state index contributed by atoms with van der Waals surface area (Å²) in [7, 11) is -0.136. The molecule has 0 heterocycles. The molecule has 0 bridgehead atoms. The molecule has 0 rings (SSSR count). The molecule has 4 nitrogen and oxygen atoms in total. The zero-order valence-electron chi connectivity index (χ0n) is 6.70. The Kier molecular flexibility index (Phi) is 5.99. The third-order valence-electron chi connectivity index (χ3n) is 0.884. The Bertz CT molecular complexity index is 130. The van der Waals surface area contributed by atoms with Gasteiger partial charge in [0.05, 0.1) is 6.61 Å². The van der Waals surface area contributed by atoms with Crippen LogP contribution in [0.15, 0.2) is 0 Å². The molecule has 11 heavy (non-hydrogen) atoms. The van der Waals surface area contributed by atoms with Crippen molar-refractivity contribution in [1.29, 1.82) is 0 Å². The number of ether oxygens (including phenoxy) is 2. The molecule has 0 aromatic heterocycles. The quantitative estimate of drug-likeness (QED) is 0.466. The molecule has 0 radical (unpaired) electrons. The zero-order valence-corrected chi connectivity index (χ0v) is 7.60. The SMILES string of the molecule is CCOC(=O)C[P+](=O)COC. The summed E-state index contributed by atoms with van der Waals surface area (Å²) in [5.74, 6) is -0.425. The van der Waals surface area contributed by atoms with Gasteiger partial charge in [-0.25, -0.2) is 4.79 Å². The summed E-state index contributed by atoms with van der Waals surface area (Å²) in [6, 6.07) is 0. The first-order valence-corrected chi connectivity index (χ1v) is 4.90. The third-order valence-corrected chi connectivity index (χ3v) is 2.04. The minimum Gasteiger partial charge on any atom is -0.463 e. The second-order valence-corrected chi connectivity index (χ2v) is 3.40. The maximum Gasteiger partial charge on any atom is 0.378 e. The van der Waals surface area contributed by atoms with Crippen LogP contribution in [0.3, 0.4) is 0 Å². The van der Waals surface area contributed by atoms with Gasteiger partial charge >= 0.3 is 13.8 Å². The van der Waals surface area contributed by atoms with Crippen LogP contribution >= 0.6 is 7.80 Å². The van der Waals surface area contributed by atoms with E-state index >= 15 is 0 Å². The van der Waals surface area contributed by atoms with Crippen LogP contribution in [-0.4, -0.2) is 32.2 Å². The molecule has 0 aromatic carbocycles. The average Bonchev–Trinajstić information content (AvgIpc) is 1.87. The predicted molar refractivity (Wildman–Crippen MR) is 41.0 cm³/mol. The monoisotopic (exact) mass is 179 g/mol. The maximum atomic E-state index is 10.9. The molecule has 0 aliphatic carbocycles. The number of rotatable bonds is 5. The fourth-order valence-electron chi connectivity index (χ4n) is 0.540. The minimum absolute atomic E-state index is 0.0446. The van der Waals surface area contributed by atoms with Gasteiger partial charge in [-0.3, -0.25) is 0 Å². The van der Waals surface area contributed by atoms with Gasteiger partial charge in [-0.2, -0.15) is 0 Å². The van der Waals surface area contributed by atoms with Gasteiger partial charge in [0.15, 0.2) is 0 Å². The van der Waals surface area contributed by atoms with Crippen LogP contribution in [-0.2, 0) is 18.8 Å². The van der Waals surface area contributed by atoms with Crippen molar-refractivity contribution >= 4 is 13.8 Å². The van der Waals surface area contributed by atoms with Gasteiger partial charge in [-0.05, 0) is 6.92 Å². The number of hydrogen-bond donors (Lipinski definition) is 0. The van der Waals surface area contributed by atoms with E-state index in [1.165, 1.54) is 7.11 Å². The van der Waals surface area contributed by atoms with Gasteiger partial charge < -0.3 is 9.47 Å². The van der Waals surface area contributed by atoms with Crippen LogP contribution in [0.2, 0.25) is 0 Å². The molecular weight excluding hydrogens is 167 g/mol. The second-order valence-electron chi connectivity index (χ2n) is 1.86. The van der Waals surface area contributed by atoms with Crippen molar-refractivity contribution in [3.63, 3.8) is 0 Å². The Morgan fingerprint density at radius 3 is 2.64 bits per heavy atom. The third kappa shape index (κ3) is 5.95. The number of esters is 1. The van der Waals surface area contributed by atoms with Crippen molar-refractivity contribution in [1.82, 2.24) is 0 Å². The molecule has 0 saturated heterocycles. The lowest BCUT2D eigenvalue weighted by Crippen LogP contribution is -2.07. The van der Waals surface area contributed by atoms with E-state index in [2.05, 4.69) is 9.47 Å². The highest BCUT2D eigenvalue weighted by Crippen LogP contribution is 2.19. The van der Waals surface area contributed by atoms with Gasteiger partial charge in [0.1, 0.15) is 0 Å². The van der Waals surface area contributed by atoms with Crippen molar-refractivity contribution in [3.05, 3.63) is 0 Å². The van der Waals surface area contributed by atoms with Gasteiger partial charge in [-0.1, -0.05) is 4.57 Å². The lowest BCUT2D eigenvalue weighted by atomic mass is 10.8. The summed E-state index contributed by atoms with van der Waals surface area (Å²) < 4.78 is 20.0. The Morgan fingerprint density at radius 1 is 1.55 bits per heavy atom. The van der Waals surface area contributed by atoms with Crippen LogP contribution in [0.1, 0.15) is 6.92 Å². The molecule has 0 N–H and O–H groups in total. The second kappa shape index (κ2) is 6.25. The first-order valence-electron chi connectivity index (χ1n) is 3.27. The van der Waals surface area contributed by atoms with E-state index in [1.54, 1.807) is 6.92 Å². The Hall–Kier alpha value is -0.470. The minimum atomic E-state index is -1.58. The number of hydrogen-bond acceptors (Lipinski definition) is 4. The van der Waals surface area contributed by atoms with Crippen molar-refractivity contribution < 1.29 is 18.8 Å². The highest BCUT2D eigenvalue weighted by molar-refractivity contribution is 7.45. The molecule has 0 aliphatic rings. The topological polar surface area (TPSA) is 52.6 Å². The number of carbonyl (C=O) groups excluding carboxylic acids is 1. The Balaban J connectivity index is 3.49. The van der Waals surface area contributed by atoms with Crippen molar-refractivity contribution in [2.24, 2.45) is 0 Å². The summed E-state index contributed by atoms with van der Waals surface area (Å²) in [5, 5.41) is 0. The summed E-state index contributed by atoms with van der Waals surface area (Å²) in [5.41, 5.74) is 0. The van der Waals surface area contributed by atoms with Crippen LogP contribution in [0.4, 0.5) is 0 Å².